The molecule has 5 aromatic rings. The number of nitrogens with two attached hydrogens (primary N) is 1. The van der Waals surface area contributed by atoms with Crippen LogP contribution in [-0.2, 0) is 22.6 Å². The predicted molar refractivity (Wildman–Crippen MR) is 236 cm³/mol. The Bertz CT molecular complexity index is 2390. The lowest BCUT2D eigenvalue weighted by Gasteiger charge is -2.43. The molecule has 0 bridgehead atoms. The Morgan fingerprint density at radius 3 is 1.39 bits per heavy atom. The number of hydrogen-bond donors (Lipinski definition) is 1. The van der Waals surface area contributed by atoms with E-state index >= 15 is 0 Å². The molecular formula is C47H51F4N9O6. The molecule has 348 valence electrons. The Labute approximate surface area is 379 Å². The highest BCUT2D eigenvalue weighted by Crippen LogP contribution is 2.27. The van der Waals surface area contributed by atoms with E-state index in [1.54, 1.807) is 75.4 Å². The van der Waals surface area contributed by atoms with Crippen molar-refractivity contribution in [2.45, 2.75) is 31.6 Å². The summed E-state index contributed by atoms with van der Waals surface area (Å²) in [5, 5.41) is 7.00. The molecule has 0 atom stereocenters. The van der Waals surface area contributed by atoms with Crippen LogP contribution in [0, 0.1) is 11.6 Å². The van der Waals surface area contributed by atoms with Gasteiger partial charge in [0.1, 0.15) is 11.6 Å². The number of halogens is 4. The van der Waals surface area contributed by atoms with E-state index in [0.717, 1.165) is 63.7 Å². The molecule has 4 fully saturated rings. The topological polar surface area (TPSA) is 154 Å². The number of benzene rings is 4. The Hall–Kier alpha value is -6.25. The van der Waals surface area contributed by atoms with Crippen LogP contribution in [0.4, 0.5) is 38.5 Å². The Morgan fingerprint density at radius 1 is 0.606 bits per heavy atom. The number of alkyl halides is 2. The van der Waals surface area contributed by atoms with Gasteiger partial charge in [0.05, 0.1) is 58.1 Å². The van der Waals surface area contributed by atoms with Gasteiger partial charge in [0.15, 0.2) is 5.78 Å². The van der Waals surface area contributed by atoms with Crippen LogP contribution in [0.25, 0.3) is 11.5 Å². The van der Waals surface area contributed by atoms with E-state index in [-0.39, 0.29) is 48.5 Å². The highest BCUT2D eigenvalue weighted by molar-refractivity contribution is 5.97. The summed E-state index contributed by atoms with van der Waals surface area (Å²) >= 11 is 0. The lowest BCUT2D eigenvalue weighted by molar-refractivity contribution is -0.0738. The number of amides is 4. The van der Waals surface area contributed by atoms with E-state index in [1.165, 1.54) is 24.3 Å². The fraction of sp³-hybridized carbons (Fsp3) is 0.383. The summed E-state index contributed by atoms with van der Waals surface area (Å²) in [6, 6.07) is 26.3. The molecule has 19 heteroatoms. The van der Waals surface area contributed by atoms with E-state index in [2.05, 4.69) is 20.0 Å². The van der Waals surface area contributed by atoms with Crippen LogP contribution in [0.2, 0.25) is 0 Å². The number of rotatable bonds is 12. The number of nitrogens with zero attached hydrogens (tertiary/aromatic N) is 8. The number of aromatic nitrogens is 2. The molecule has 1 aromatic heterocycles. The maximum absolute atomic E-state index is 13.6. The van der Waals surface area contributed by atoms with Gasteiger partial charge in [-0.25, -0.2) is 18.4 Å². The van der Waals surface area contributed by atoms with Crippen LogP contribution in [0.1, 0.15) is 33.8 Å². The van der Waals surface area contributed by atoms with Gasteiger partial charge in [0.2, 0.25) is 5.89 Å². The summed E-state index contributed by atoms with van der Waals surface area (Å²) in [4.78, 5) is 50.3. The first kappa shape index (κ1) is 46.3. The second-order valence-corrected chi connectivity index (χ2v) is 16.4. The number of anilines is 2. The van der Waals surface area contributed by atoms with E-state index in [0.29, 0.717) is 67.3 Å². The minimum Gasteiger partial charge on any atom is -0.415 e. The SMILES string of the molecule is NCC(=O)c1ccc(CN(C(=O)N2CCN(C3COC3)CC2)c2ccc(F)cc2)cc1.O=C(N1CCN(C2COC2)CC1)N(Cc1ccc(-c2nnc(C(F)F)o2)cc1)c1ccc(F)cc1. The van der Waals surface area contributed by atoms with Gasteiger partial charge in [-0.05, 0) is 71.8 Å². The van der Waals surface area contributed by atoms with Gasteiger partial charge in [-0.2, -0.15) is 8.78 Å². The summed E-state index contributed by atoms with van der Waals surface area (Å²) in [6.07, 6.45) is -2.84. The second kappa shape index (κ2) is 21.4. The normalized spacial score (nSPS) is 17.1. The van der Waals surface area contributed by atoms with Crippen LogP contribution < -0.4 is 15.5 Å². The minimum absolute atomic E-state index is 0.00643. The lowest BCUT2D eigenvalue weighted by atomic mass is 10.1. The van der Waals surface area contributed by atoms with Crippen molar-refractivity contribution >= 4 is 29.2 Å². The number of ether oxygens (including phenoxy) is 2. The summed E-state index contributed by atoms with van der Waals surface area (Å²) in [7, 11) is 0. The van der Waals surface area contributed by atoms with Crippen molar-refractivity contribution in [2.75, 3.05) is 95.1 Å². The smallest absolute Gasteiger partial charge is 0.324 e. The first-order valence-electron chi connectivity index (χ1n) is 21.8. The molecule has 2 N–H and O–H groups in total. The van der Waals surface area contributed by atoms with Crippen LogP contribution in [0.3, 0.4) is 0 Å². The number of piperazine rings is 2. The van der Waals surface area contributed by atoms with Crippen molar-refractivity contribution in [3.05, 3.63) is 131 Å². The molecule has 15 nitrogen and oxygen atoms in total. The van der Waals surface area contributed by atoms with Crippen molar-refractivity contribution in [1.82, 2.24) is 29.8 Å². The first-order chi connectivity index (χ1) is 32.0. The van der Waals surface area contributed by atoms with Gasteiger partial charge >= 0.3 is 18.5 Å². The fourth-order valence-corrected chi connectivity index (χ4v) is 8.02. The van der Waals surface area contributed by atoms with E-state index < -0.39 is 12.3 Å². The Morgan fingerprint density at radius 2 is 1.03 bits per heavy atom. The van der Waals surface area contributed by atoms with Gasteiger partial charge in [0.25, 0.3) is 5.89 Å². The third-order valence-corrected chi connectivity index (χ3v) is 12.2. The molecule has 0 radical (unpaired) electrons. The number of carbonyl (C=O) groups excluding carboxylic acids is 3. The molecular weight excluding hydrogens is 863 g/mol. The van der Waals surface area contributed by atoms with Gasteiger partial charge in [0, 0.05) is 74.9 Å². The minimum atomic E-state index is -2.84. The zero-order valence-corrected chi connectivity index (χ0v) is 36.2. The monoisotopic (exact) mass is 913 g/mol. The van der Waals surface area contributed by atoms with Crippen LogP contribution in [0.15, 0.2) is 101 Å². The third-order valence-electron chi connectivity index (χ3n) is 12.2. The number of urea groups is 2. The van der Waals surface area contributed by atoms with Crippen LogP contribution in [0.5, 0.6) is 0 Å². The van der Waals surface area contributed by atoms with Crippen molar-refractivity contribution in [3.63, 3.8) is 0 Å². The molecule has 5 heterocycles. The molecule has 4 aliphatic heterocycles. The van der Waals surface area contributed by atoms with Crippen molar-refractivity contribution in [3.8, 4) is 11.5 Å². The van der Waals surface area contributed by atoms with E-state index in [4.69, 9.17) is 19.6 Å². The standard InChI is InChI=1S/C24H24F3N5O3.C23H27FN4O3/c25-18-5-7-19(8-6-18)32(24(33)31-11-9-30(10-12-31)20-14-34-15-20)13-16-1-3-17(4-2-16)22-28-29-23(35-22)21(26)27;24-19-5-7-20(8-6-19)28(14-17-1-3-18(4-2-17)22(29)13-25)23(30)27-11-9-26(10-12-27)21-15-31-16-21/h1-8,20-21H,9-15H2;1-8,21H,9-16,25H2. The number of hydrogen-bond acceptors (Lipinski definition) is 11. The maximum Gasteiger partial charge on any atom is 0.324 e. The van der Waals surface area contributed by atoms with Gasteiger partial charge in [-0.15, -0.1) is 10.2 Å². The molecule has 4 saturated heterocycles. The van der Waals surface area contributed by atoms with Crippen molar-refractivity contribution in [1.29, 1.82) is 0 Å². The summed E-state index contributed by atoms with van der Waals surface area (Å²) < 4.78 is 68.0. The fourth-order valence-electron chi connectivity index (χ4n) is 8.02. The lowest BCUT2D eigenvalue weighted by Crippen LogP contribution is -2.59. The number of ketones is 1. The zero-order valence-electron chi connectivity index (χ0n) is 36.2. The molecule has 4 aliphatic rings. The van der Waals surface area contributed by atoms with Gasteiger partial charge < -0.3 is 29.4 Å². The first-order valence-corrected chi connectivity index (χ1v) is 21.8. The van der Waals surface area contributed by atoms with Crippen molar-refractivity contribution in [2.24, 2.45) is 5.73 Å². The molecule has 4 amide bonds. The quantitative estimate of drug-likeness (QED) is 0.115. The average molecular weight is 914 g/mol. The molecule has 66 heavy (non-hydrogen) atoms. The van der Waals surface area contributed by atoms with Crippen molar-refractivity contribution < 1.29 is 45.8 Å². The highest BCUT2D eigenvalue weighted by atomic mass is 19.3. The van der Waals surface area contributed by atoms with Crippen LogP contribution in [-0.4, -0.2) is 145 Å². The highest BCUT2D eigenvalue weighted by Gasteiger charge is 2.34. The van der Waals surface area contributed by atoms with E-state index in [1.807, 2.05) is 17.0 Å². The second-order valence-electron chi connectivity index (χ2n) is 16.4. The predicted octanol–water partition coefficient (Wildman–Crippen LogP) is 6.07. The molecule has 0 saturated carbocycles. The molecule has 0 aliphatic carbocycles. The average Bonchev–Trinajstić information content (AvgIpc) is 3.81. The summed E-state index contributed by atoms with van der Waals surface area (Å²) in [5.41, 5.74) is 9.33. The third kappa shape index (κ3) is 11.2. The number of carbonyl (C=O) groups is 3. The molecule has 0 spiro atoms. The summed E-state index contributed by atoms with van der Waals surface area (Å²) in [5.74, 6) is -1.61. The number of Topliss-reactive ketones (excluding diaryl/α,β-unsaturated/α-hetero) is 1. The Kier molecular flexibility index (Phi) is 15.0. The largest absolute Gasteiger partial charge is 0.415 e. The van der Waals surface area contributed by atoms with Gasteiger partial charge in [-0.3, -0.25) is 24.4 Å². The van der Waals surface area contributed by atoms with Crippen LogP contribution >= 0.6 is 0 Å². The van der Waals surface area contributed by atoms with Gasteiger partial charge in [-0.1, -0.05) is 36.4 Å². The molecule has 0 unspecified atom stereocenters. The zero-order chi connectivity index (χ0) is 46.2. The molecule has 9 rings (SSSR count). The molecule has 4 aromatic carbocycles. The Balaban J connectivity index is 0.000000181. The summed E-state index contributed by atoms with van der Waals surface area (Å²) in [6.45, 7) is 9.14. The maximum atomic E-state index is 13.6. The van der Waals surface area contributed by atoms with E-state index in [9.17, 15) is 31.9 Å².